The van der Waals surface area contributed by atoms with E-state index in [1.54, 1.807) is 17.5 Å². The number of ether oxygens (including phenoxy) is 1. The standard InChI is InChI=1S/C13H20N2O3S.ClH/c1-11-9-15(7-6-14-11)19(16,17)10-12-4-3-5-13(8-12)18-2;/h3-5,8,11,14H,6-7,9-10H2,1-2H3;1H. The summed E-state index contributed by atoms with van der Waals surface area (Å²) >= 11 is 0. The van der Waals surface area contributed by atoms with E-state index >= 15 is 0 Å². The van der Waals surface area contributed by atoms with Crippen molar-refractivity contribution >= 4 is 22.4 Å². The molecule has 0 aromatic heterocycles. The van der Waals surface area contributed by atoms with E-state index in [0.29, 0.717) is 25.4 Å². The summed E-state index contributed by atoms with van der Waals surface area (Å²) in [7, 11) is -1.68. The molecule has 1 N–H and O–H groups in total. The van der Waals surface area contributed by atoms with Gasteiger partial charge in [-0.3, -0.25) is 0 Å². The molecule has 1 fully saturated rings. The first-order chi connectivity index (χ1) is 9.01. The Labute approximate surface area is 126 Å². The van der Waals surface area contributed by atoms with Gasteiger partial charge in [0, 0.05) is 25.7 Å². The number of hydrogen-bond donors (Lipinski definition) is 1. The zero-order valence-electron chi connectivity index (χ0n) is 11.7. The van der Waals surface area contributed by atoms with E-state index in [0.717, 1.165) is 5.56 Å². The van der Waals surface area contributed by atoms with Crippen molar-refractivity contribution in [2.75, 3.05) is 26.7 Å². The van der Waals surface area contributed by atoms with Gasteiger partial charge in [-0.05, 0) is 24.6 Å². The van der Waals surface area contributed by atoms with E-state index in [2.05, 4.69) is 5.32 Å². The van der Waals surface area contributed by atoms with Gasteiger partial charge in [-0.15, -0.1) is 12.4 Å². The van der Waals surface area contributed by atoms with Gasteiger partial charge >= 0.3 is 0 Å². The Morgan fingerprint density at radius 1 is 1.45 bits per heavy atom. The van der Waals surface area contributed by atoms with Gasteiger partial charge in [0.1, 0.15) is 5.75 Å². The lowest BCUT2D eigenvalue weighted by atomic mass is 10.2. The van der Waals surface area contributed by atoms with Crippen molar-refractivity contribution in [1.82, 2.24) is 9.62 Å². The zero-order chi connectivity index (χ0) is 13.9. The first-order valence-corrected chi connectivity index (χ1v) is 7.96. The monoisotopic (exact) mass is 320 g/mol. The Morgan fingerprint density at radius 3 is 2.85 bits per heavy atom. The summed E-state index contributed by atoms with van der Waals surface area (Å²) in [6.07, 6.45) is 0. The first-order valence-electron chi connectivity index (χ1n) is 6.35. The highest BCUT2D eigenvalue weighted by atomic mass is 35.5. The second kappa shape index (κ2) is 7.26. The SMILES string of the molecule is COc1cccc(CS(=O)(=O)N2CCNC(C)C2)c1.Cl. The molecule has 1 aromatic rings. The third kappa shape index (κ3) is 4.34. The van der Waals surface area contributed by atoms with Crippen molar-refractivity contribution in [3.05, 3.63) is 29.8 Å². The average molecular weight is 321 g/mol. The number of piperazine rings is 1. The van der Waals surface area contributed by atoms with Crippen LogP contribution in [0.5, 0.6) is 5.75 Å². The fraction of sp³-hybridized carbons (Fsp3) is 0.538. The minimum absolute atomic E-state index is 0. The maximum atomic E-state index is 12.4. The lowest BCUT2D eigenvalue weighted by Gasteiger charge is -2.31. The lowest BCUT2D eigenvalue weighted by molar-refractivity contribution is 0.310. The van der Waals surface area contributed by atoms with Crippen LogP contribution >= 0.6 is 12.4 Å². The fourth-order valence-corrected chi connectivity index (χ4v) is 3.82. The van der Waals surface area contributed by atoms with Crippen LogP contribution in [0.4, 0.5) is 0 Å². The van der Waals surface area contributed by atoms with Gasteiger partial charge < -0.3 is 10.1 Å². The zero-order valence-corrected chi connectivity index (χ0v) is 13.3. The van der Waals surface area contributed by atoms with Crippen molar-refractivity contribution < 1.29 is 13.2 Å². The average Bonchev–Trinajstić information content (AvgIpc) is 2.38. The Hall–Kier alpha value is -0.820. The second-order valence-electron chi connectivity index (χ2n) is 4.82. The Balaban J connectivity index is 0.00000200. The van der Waals surface area contributed by atoms with Crippen LogP contribution in [0.15, 0.2) is 24.3 Å². The van der Waals surface area contributed by atoms with Gasteiger partial charge in [0.05, 0.1) is 12.9 Å². The van der Waals surface area contributed by atoms with E-state index in [1.807, 2.05) is 25.1 Å². The van der Waals surface area contributed by atoms with E-state index in [9.17, 15) is 8.42 Å². The topological polar surface area (TPSA) is 58.6 Å². The molecule has 0 amide bonds. The van der Waals surface area contributed by atoms with Gasteiger partial charge in [-0.2, -0.15) is 4.31 Å². The number of rotatable bonds is 4. The van der Waals surface area contributed by atoms with Crippen LogP contribution in [-0.2, 0) is 15.8 Å². The van der Waals surface area contributed by atoms with Crippen molar-refractivity contribution in [1.29, 1.82) is 0 Å². The molecule has 1 aliphatic rings. The summed E-state index contributed by atoms with van der Waals surface area (Å²) in [5.41, 5.74) is 0.755. The highest BCUT2D eigenvalue weighted by molar-refractivity contribution is 7.88. The molecule has 1 aliphatic heterocycles. The molecular formula is C13H21ClN2O3S. The molecule has 1 saturated heterocycles. The quantitative estimate of drug-likeness (QED) is 0.907. The number of benzene rings is 1. The smallest absolute Gasteiger partial charge is 0.218 e. The third-order valence-electron chi connectivity index (χ3n) is 3.21. The molecular weight excluding hydrogens is 300 g/mol. The summed E-state index contributed by atoms with van der Waals surface area (Å²) in [4.78, 5) is 0. The molecule has 0 radical (unpaired) electrons. The normalized spacial score (nSPS) is 20.2. The molecule has 1 heterocycles. The van der Waals surface area contributed by atoms with Gasteiger partial charge in [0.25, 0.3) is 0 Å². The minimum Gasteiger partial charge on any atom is -0.497 e. The maximum Gasteiger partial charge on any atom is 0.218 e. The third-order valence-corrected chi connectivity index (χ3v) is 5.02. The van der Waals surface area contributed by atoms with Crippen LogP contribution in [0.1, 0.15) is 12.5 Å². The number of sulfonamides is 1. The molecule has 0 aliphatic carbocycles. The number of nitrogens with zero attached hydrogens (tertiary/aromatic N) is 1. The van der Waals surface area contributed by atoms with Gasteiger partial charge in [0.15, 0.2) is 0 Å². The molecule has 7 heteroatoms. The predicted octanol–water partition coefficient (Wildman–Crippen LogP) is 1.24. The largest absolute Gasteiger partial charge is 0.497 e. The van der Waals surface area contributed by atoms with Crippen molar-refractivity contribution in [3.63, 3.8) is 0 Å². The van der Waals surface area contributed by atoms with Gasteiger partial charge in [0.2, 0.25) is 10.0 Å². The van der Waals surface area contributed by atoms with Crippen LogP contribution in [0.2, 0.25) is 0 Å². The highest BCUT2D eigenvalue weighted by Crippen LogP contribution is 2.17. The van der Waals surface area contributed by atoms with E-state index in [4.69, 9.17) is 4.74 Å². The summed E-state index contributed by atoms with van der Waals surface area (Å²) in [6, 6.07) is 7.40. The Kier molecular flexibility index (Phi) is 6.26. The molecule has 0 spiro atoms. The summed E-state index contributed by atoms with van der Waals surface area (Å²) in [6.45, 7) is 3.77. The molecule has 1 unspecified atom stereocenters. The number of methoxy groups -OCH3 is 1. The summed E-state index contributed by atoms with van der Waals surface area (Å²) in [5, 5.41) is 3.24. The molecule has 20 heavy (non-hydrogen) atoms. The minimum atomic E-state index is -3.26. The van der Waals surface area contributed by atoms with Crippen molar-refractivity contribution in [2.24, 2.45) is 0 Å². The predicted molar refractivity (Wildman–Crippen MR) is 81.9 cm³/mol. The van der Waals surface area contributed by atoms with E-state index < -0.39 is 10.0 Å². The molecule has 0 bridgehead atoms. The van der Waals surface area contributed by atoms with E-state index in [-0.39, 0.29) is 24.2 Å². The molecule has 0 saturated carbocycles. The molecule has 1 atom stereocenters. The number of halogens is 1. The van der Waals surface area contributed by atoms with Crippen LogP contribution in [0, 0.1) is 0 Å². The van der Waals surface area contributed by atoms with Crippen LogP contribution in [-0.4, -0.2) is 45.5 Å². The molecule has 5 nitrogen and oxygen atoms in total. The highest BCUT2D eigenvalue weighted by Gasteiger charge is 2.26. The molecule has 1 aromatic carbocycles. The number of hydrogen-bond acceptors (Lipinski definition) is 4. The van der Waals surface area contributed by atoms with Crippen molar-refractivity contribution in [2.45, 2.75) is 18.7 Å². The lowest BCUT2D eigenvalue weighted by Crippen LogP contribution is -2.51. The van der Waals surface area contributed by atoms with E-state index in [1.165, 1.54) is 0 Å². The van der Waals surface area contributed by atoms with Gasteiger partial charge in [-0.25, -0.2) is 8.42 Å². The van der Waals surface area contributed by atoms with Crippen LogP contribution in [0.3, 0.4) is 0 Å². The Morgan fingerprint density at radius 2 is 2.20 bits per heavy atom. The summed E-state index contributed by atoms with van der Waals surface area (Å²) in [5.74, 6) is 0.707. The van der Waals surface area contributed by atoms with Crippen LogP contribution in [0.25, 0.3) is 0 Å². The molecule has 114 valence electrons. The summed E-state index contributed by atoms with van der Waals surface area (Å²) < 4.78 is 31.4. The fourth-order valence-electron chi connectivity index (χ4n) is 2.21. The Bertz CT molecular complexity index is 536. The van der Waals surface area contributed by atoms with Gasteiger partial charge in [-0.1, -0.05) is 12.1 Å². The van der Waals surface area contributed by atoms with Crippen molar-refractivity contribution in [3.8, 4) is 5.75 Å². The van der Waals surface area contributed by atoms with Crippen LogP contribution < -0.4 is 10.1 Å². The molecule has 2 rings (SSSR count). The number of nitrogens with one attached hydrogen (secondary N) is 1. The second-order valence-corrected chi connectivity index (χ2v) is 6.79. The first kappa shape index (κ1) is 17.2. The maximum absolute atomic E-state index is 12.4.